The van der Waals surface area contributed by atoms with Gasteiger partial charge in [-0.1, -0.05) is 32.0 Å². The number of rotatable bonds is 7. The van der Waals surface area contributed by atoms with Gasteiger partial charge in [-0.2, -0.15) is 0 Å². The van der Waals surface area contributed by atoms with Crippen LogP contribution in [0.15, 0.2) is 9.95 Å². The number of aryl methyl sites for hydroxylation is 1. The number of hydrogen-bond donors (Lipinski definition) is 2. The van der Waals surface area contributed by atoms with Crippen LogP contribution in [0.2, 0.25) is 0 Å². The van der Waals surface area contributed by atoms with Crippen LogP contribution in [0.3, 0.4) is 0 Å². The van der Waals surface area contributed by atoms with Crippen LogP contribution in [0, 0.1) is 12.8 Å². The minimum Gasteiger partial charge on any atom is -0.353 e. The number of H-pyrrole nitrogens is 1. The van der Waals surface area contributed by atoms with E-state index in [2.05, 4.69) is 36.1 Å². The number of thioether (sulfide) groups is 1. The van der Waals surface area contributed by atoms with E-state index in [1.807, 2.05) is 20.8 Å². The zero-order valence-electron chi connectivity index (χ0n) is 15.7. The number of amides is 1. The molecule has 0 spiro atoms. The predicted molar refractivity (Wildman–Crippen MR) is 107 cm³/mol. The Bertz CT molecular complexity index is 810. The molecule has 0 aliphatic carbocycles. The lowest BCUT2D eigenvalue weighted by Gasteiger charge is -2.13. The Morgan fingerprint density at radius 2 is 2.00 bits per heavy atom. The highest BCUT2D eigenvalue weighted by molar-refractivity contribution is 8.00. The van der Waals surface area contributed by atoms with E-state index in [1.54, 1.807) is 11.3 Å². The number of carbonyl (C=O) groups is 1. The maximum atomic E-state index is 12.6. The van der Waals surface area contributed by atoms with Crippen molar-refractivity contribution in [2.75, 3.05) is 0 Å². The van der Waals surface area contributed by atoms with Crippen LogP contribution in [0.4, 0.5) is 0 Å². The van der Waals surface area contributed by atoms with Gasteiger partial charge in [-0.05, 0) is 45.6 Å². The molecule has 2 atom stereocenters. The van der Waals surface area contributed by atoms with Gasteiger partial charge in [0.1, 0.15) is 4.83 Å². The van der Waals surface area contributed by atoms with Crippen molar-refractivity contribution in [1.29, 1.82) is 0 Å². The molecular weight excluding hydrogens is 354 g/mol. The summed E-state index contributed by atoms with van der Waals surface area (Å²) in [6.45, 7) is 12.1. The molecule has 2 aromatic heterocycles. The number of nitrogens with one attached hydrogen (secondary N) is 2. The van der Waals surface area contributed by atoms with Crippen LogP contribution in [0.1, 0.15) is 51.5 Å². The van der Waals surface area contributed by atoms with Crippen molar-refractivity contribution in [2.24, 2.45) is 5.92 Å². The van der Waals surface area contributed by atoms with Gasteiger partial charge in [-0.15, -0.1) is 11.3 Å². The Kier molecular flexibility index (Phi) is 6.68. The summed E-state index contributed by atoms with van der Waals surface area (Å²) >= 11 is 2.84. The summed E-state index contributed by atoms with van der Waals surface area (Å²) in [6.07, 6.45) is 1.98. The summed E-state index contributed by atoms with van der Waals surface area (Å²) in [5.41, 5.74) is 1.01. The highest BCUT2D eigenvalue weighted by Gasteiger charge is 2.20. The first kappa shape index (κ1) is 20.0. The molecule has 0 saturated carbocycles. The Balaban J connectivity index is 2.31. The third-order valence-electron chi connectivity index (χ3n) is 4.18. The highest BCUT2D eigenvalue weighted by atomic mass is 32.2. The van der Waals surface area contributed by atoms with Crippen molar-refractivity contribution in [2.45, 2.75) is 70.8 Å². The van der Waals surface area contributed by atoms with E-state index in [0.29, 0.717) is 16.5 Å². The lowest BCUT2D eigenvalue weighted by molar-refractivity contribution is -0.120. The maximum absolute atomic E-state index is 12.6. The second-order valence-electron chi connectivity index (χ2n) is 6.83. The first-order valence-electron chi connectivity index (χ1n) is 8.72. The minimum atomic E-state index is -0.316. The van der Waals surface area contributed by atoms with Crippen molar-refractivity contribution in [3.63, 3.8) is 0 Å². The summed E-state index contributed by atoms with van der Waals surface area (Å²) in [5, 5.41) is 3.78. The molecule has 2 N–H and O–H groups in total. The largest absolute Gasteiger partial charge is 0.353 e. The van der Waals surface area contributed by atoms with Crippen LogP contribution >= 0.6 is 23.1 Å². The minimum absolute atomic E-state index is 0.0532. The molecule has 0 fully saturated rings. The number of aromatic nitrogens is 2. The van der Waals surface area contributed by atoms with Gasteiger partial charge in [0.25, 0.3) is 5.56 Å². The number of carbonyl (C=O) groups excluding carboxylic acids is 1. The van der Waals surface area contributed by atoms with Crippen LogP contribution in [-0.2, 0) is 11.2 Å². The van der Waals surface area contributed by atoms with Crippen molar-refractivity contribution in [3.8, 4) is 0 Å². The lowest BCUT2D eigenvalue weighted by atomic mass is 9.98. The van der Waals surface area contributed by atoms with Crippen LogP contribution in [0.25, 0.3) is 10.2 Å². The molecule has 0 radical (unpaired) electrons. The first-order chi connectivity index (χ1) is 11.7. The molecule has 25 heavy (non-hydrogen) atoms. The summed E-state index contributed by atoms with van der Waals surface area (Å²) in [5.74, 6) is 0.479. The number of fused-ring (bicyclic) bond motifs is 1. The van der Waals surface area contributed by atoms with E-state index in [1.165, 1.54) is 11.8 Å². The standard InChI is InChI=1S/C18H27N3O2S2/c1-7-10(4)8-13-11(5)24-17-14(13)16(23)20-18(21-17)25-12(6)15(22)19-9(2)3/h9-10,12H,7-8H2,1-6H3,(H,19,22)(H,20,21,23)/t10-,12+/m1/s1. The van der Waals surface area contributed by atoms with Crippen molar-refractivity contribution >= 4 is 39.2 Å². The Morgan fingerprint density at radius 3 is 2.60 bits per heavy atom. The molecule has 0 unspecified atom stereocenters. The number of nitrogens with zero attached hydrogens (tertiary/aromatic N) is 1. The number of thiophene rings is 1. The molecule has 1 amide bonds. The molecule has 2 rings (SSSR count). The zero-order chi connectivity index (χ0) is 18.7. The quantitative estimate of drug-likeness (QED) is 0.564. The molecule has 0 aliphatic heterocycles. The average molecular weight is 382 g/mol. The van der Waals surface area contributed by atoms with E-state index >= 15 is 0 Å². The van der Waals surface area contributed by atoms with E-state index in [4.69, 9.17) is 0 Å². The molecular formula is C18H27N3O2S2. The van der Waals surface area contributed by atoms with Crippen molar-refractivity contribution < 1.29 is 4.79 Å². The number of aromatic amines is 1. The second kappa shape index (κ2) is 8.36. The second-order valence-corrected chi connectivity index (χ2v) is 9.36. The molecule has 2 aromatic rings. The zero-order valence-corrected chi connectivity index (χ0v) is 17.4. The summed E-state index contributed by atoms with van der Waals surface area (Å²) in [7, 11) is 0. The van der Waals surface area contributed by atoms with Gasteiger partial charge in [-0.25, -0.2) is 4.98 Å². The molecule has 0 saturated heterocycles. The van der Waals surface area contributed by atoms with Crippen molar-refractivity contribution in [1.82, 2.24) is 15.3 Å². The topological polar surface area (TPSA) is 74.8 Å². The van der Waals surface area contributed by atoms with E-state index in [0.717, 1.165) is 28.1 Å². The Labute approximate surface area is 157 Å². The van der Waals surface area contributed by atoms with Crippen LogP contribution in [-0.4, -0.2) is 27.2 Å². The fraction of sp³-hybridized carbons (Fsp3) is 0.611. The molecule has 7 heteroatoms. The first-order valence-corrected chi connectivity index (χ1v) is 10.4. The Hall–Kier alpha value is -1.34. The van der Waals surface area contributed by atoms with Crippen LogP contribution < -0.4 is 10.9 Å². The molecule has 0 aromatic carbocycles. The number of hydrogen-bond acceptors (Lipinski definition) is 5. The lowest BCUT2D eigenvalue weighted by Crippen LogP contribution is -2.36. The molecule has 0 bridgehead atoms. The van der Waals surface area contributed by atoms with Crippen molar-refractivity contribution in [3.05, 3.63) is 20.8 Å². The van der Waals surface area contributed by atoms with Gasteiger partial charge in [0, 0.05) is 10.9 Å². The molecule has 0 aliphatic rings. The van der Waals surface area contributed by atoms with Gasteiger partial charge in [0.15, 0.2) is 5.16 Å². The molecule has 138 valence electrons. The summed E-state index contributed by atoms with van der Waals surface area (Å²) in [4.78, 5) is 34.1. The van der Waals surface area contributed by atoms with Gasteiger partial charge in [0.05, 0.1) is 10.6 Å². The predicted octanol–water partition coefficient (Wildman–Crippen LogP) is 3.89. The highest BCUT2D eigenvalue weighted by Crippen LogP contribution is 2.31. The van der Waals surface area contributed by atoms with Gasteiger partial charge in [-0.3, -0.25) is 9.59 Å². The monoisotopic (exact) mass is 381 g/mol. The van der Waals surface area contributed by atoms with E-state index in [-0.39, 0.29) is 22.8 Å². The molecule has 5 nitrogen and oxygen atoms in total. The van der Waals surface area contributed by atoms with Gasteiger partial charge >= 0.3 is 0 Å². The third kappa shape index (κ3) is 4.85. The van der Waals surface area contributed by atoms with E-state index < -0.39 is 0 Å². The van der Waals surface area contributed by atoms with Gasteiger partial charge in [0.2, 0.25) is 5.91 Å². The molecule has 2 heterocycles. The average Bonchev–Trinajstić information content (AvgIpc) is 2.82. The third-order valence-corrected chi connectivity index (χ3v) is 6.20. The Morgan fingerprint density at radius 1 is 1.32 bits per heavy atom. The normalized spacial score (nSPS) is 14.0. The van der Waals surface area contributed by atoms with Gasteiger partial charge < -0.3 is 10.3 Å². The SMILES string of the molecule is CC[C@@H](C)Cc1c(C)sc2nc(S[C@@H](C)C(=O)NC(C)C)[nH]c(=O)c12. The van der Waals surface area contributed by atoms with Crippen LogP contribution in [0.5, 0.6) is 0 Å². The summed E-state index contributed by atoms with van der Waals surface area (Å²) in [6, 6.07) is 0.0908. The fourth-order valence-corrected chi connectivity index (χ4v) is 4.49. The fourth-order valence-electron chi connectivity index (χ4n) is 2.57. The summed E-state index contributed by atoms with van der Waals surface area (Å²) < 4.78 is 0. The maximum Gasteiger partial charge on any atom is 0.260 e. The van der Waals surface area contributed by atoms with E-state index in [9.17, 15) is 9.59 Å². The smallest absolute Gasteiger partial charge is 0.260 e.